The summed E-state index contributed by atoms with van der Waals surface area (Å²) in [6, 6.07) is 9.98. The van der Waals surface area contributed by atoms with Crippen molar-refractivity contribution in [2.45, 2.75) is 31.7 Å². The number of likely N-dealkylation sites (N-methyl/N-ethyl adjacent to an activating group) is 1. The van der Waals surface area contributed by atoms with E-state index in [1.54, 1.807) is 39.0 Å². The Morgan fingerprint density at radius 3 is 2.39 bits per heavy atom. The van der Waals surface area contributed by atoms with Gasteiger partial charge >= 0.3 is 0 Å². The molecule has 1 atom stereocenters. The molecule has 0 saturated heterocycles. The fourth-order valence-electron chi connectivity index (χ4n) is 2.81. The zero-order valence-corrected chi connectivity index (χ0v) is 17.2. The Labute approximate surface area is 165 Å². The number of sulfonamides is 1. The van der Waals surface area contributed by atoms with Crippen LogP contribution in [0.3, 0.4) is 0 Å². The minimum absolute atomic E-state index is 0.104. The van der Waals surface area contributed by atoms with Gasteiger partial charge in [0.25, 0.3) is 0 Å². The lowest BCUT2D eigenvalue weighted by molar-refractivity contribution is -0.121. The first-order valence-electron chi connectivity index (χ1n) is 8.88. The van der Waals surface area contributed by atoms with E-state index in [-0.39, 0.29) is 29.8 Å². The summed E-state index contributed by atoms with van der Waals surface area (Å²) >= 11 is 0. The molecule has 0 aliphatic heterocycles. The lowest BCUT2D eigenvalue weighted by Gasteiger charge is -2.22. The van der Waals surface area contributed by atoms with Crippen molar-refractivity contribution in [2.24, 2.45) is 0 Å². The fourth-order valence-corrected chi connectivity index (χ4v) is 4.30. The zero-order valence-electron chi connectivity index (χ0n) is 16.4. The number of hydrogen-bond donors (Lipinski definition) is 1. The number of benzene rings is 2. The second-order valence-corrected chi connectivity index (χ2v) is 8.34. The molecule has 0 heterocycles. The third-order valence-electron chi connectivity index (χ3n) is 4.42. The van der Waals surface area contributed by atoms with Gasteiger partial charge in [0.05, 0.1) is 24.6 Å². The van der Waals surface area contributed by atoms with Gasteiger partial charge in [0, 0.05) is 6.54 Å². The highest BCUT2D eigenvalue weighted by atomic mass is 32.2. The molecule has 0 radical (unpaired) electrons. The first kappa shape index (κ1) is 21.8. The molecule has 1 N–H and O–H groups in total. The van der Waals surface area contributed by atoms with E-state index >= 15 is 0 Å². The second-order valence-electron chi connectivity index (χ2n) is 6.40. The standard InChI is InChI=1S/C20H25FN2O4S/c1-5-23(28(25,26)18-10-11-19(27-4)14(2)12-18)13-20(24)22-15(3)16-6-8-17(21)9-7-16/h6-12,15H,5,13H2,1-4H3,(H,22,24)/t15-/m1/s1. The number of amides is 1. The number of carbonyl (C=O) groups excluding carboxylic acids is 1. The Morgan fingerprint density at radius 1 is 1.21 bits per heavy atom. The number of hydrogen-bond acceptors (Lipinski definition) is 4. The van der Waals surface area contributed by atoms with E-state index in [1.807, 2.05) is 0 Å². The van der Waals surface area contributed by atoms with Crippen molar-refractivity contribution >= 4 is 15.9 Å². The predicted molar refractivity (Wildman–Crippen MR) is 105 cm³/mol. The average molecular weight is 408 g/mol. The SMILES string of the molecule is CCN(CC(=O)N[C@H](C)c1ccc(F)cc1)S(=O)(=O)c1ccc(OC)c(C)c1. The lowest BCUT2D eigenvalue weighted by Crippen LogP contribution is -2.41. The summed E-state index contributed by atoms with van der Waals surface area (Å²) in [5.74, 6) is -0.208. The molecule has 0 spiro atoms. The molecule has 2 aromatic carbocycles. The summed E-state index contributed by atoms with van der Waals surface area (Å²) in [5, 5.41) is 2.75. The van der Waals surface area contributed by atoms with Crippen LogP contribution in [0.15, 0.2) is 47.4 Å². The molecule has 0 aliphatic carbocycles. The summed E-state index contributed by atoms with van der Waals surface area (Å²) in [6.45, 7) is 5.01. The molecule has 0 bridgehead atoms. The van der Waals surface area contributed by atoms with Gasteiger partial charge < -0.3 is 10.1 Å². The first-order valence-corrected chi connectivity index (χ1v) is 10.3. The lowest BCUT2D eigenvalue weighted by atomic mass is 10.1. The van der Waals surface area contributed by atoms with Crippen LogP contribution in [0.2, 0.25) is 0 Å². The maximum Gasteiger partial charge on any atom is 0.243 e. The van der Waals surface area contributed by atoms with E-state index in [0.717, 1.165) is 9.87 Å². The van der Waals surface area contributed by atoms with Crippen LogP contribution in [0.1, 0.15) is 31.0 Å². The molecule has 0 unspecified atom stereocenters. The Hall–Kier alpha value is -2.45. The van der Waals surface area contributed by atoms with Crippen LogP contribution in [0.25, 0.3) is 0 Å². The molecular weight excluding hydrogens is 383 g/mol. The van der Waals surface area contributed by atoms with Gasteiger partial charge in [-0.05, 0) is 55.3 Å². The van der Waals surface area contributed by atoms with E-state index in [0.29, 0.717) is 11.3 Å². The van der Waals surface area contributed by atoms with Gasteiger partial charge in [-0.2, -0.15) is 4.31 Å². The van der Waals surface area contributed by atoms with Crippen molar-refractivity contribution < 1.29 is 22.3 Å². The summed E-state index contributed by atoms with van der Waals surface area (Å²) in [4.78, 5) is 12.5. The number of ether oxygens (including phenoxy) is 1. The predicted octanol–water partition coefficient (Wildman–Crippen LogP) is 3.03. The smallest absolute Gasteiger partial charge is 0.243 e. The van der Waals surface area contributed by atoms with Crippen LogP contribution in [0.5, 0.6) is 5.75 Å². The molecule has 28 heavy (non-hydrogen) atoms. The molecule has 8 heteroatoms. The van der Waals surface area contributed by atoms with Crippen LogP contribution < -0.4 is 10.1 Å². The number of methoxy groups -OCH3 is 1. The van der Waals surface area contributed by atoms with Crippen molar-refractivity contribution in [1.29, 1.82) is 0 Å². The Morgan fingerprint density at radius 2 is 1.86 bits per heavy atom. The molecule has 2 rings (SSSR count). The molecule has 152 valence electrons. The summed E-state index contributed by atoms with van der Waals surface area (Å²) in [5.41, 5.74) is 1.42. The van der Waals surface area contributed by atoms with Crippen molar-refractivity contribution in [3.63, 3.8) is 0 Å². The van der Waals surface area contributed by atoms with Gasteiger partial charge in [-0.15, -0.1) is 0 Å². The van der Waals surface area contributed by atoms with E-state index in [4.69, 9.17) is 4.74 Å². The first-order chi connectivity index (χ1) is 13.2. The normalized spacial score (nSPS) is 12.6. The van der Waals surface area contributed by atoms with Crippen LogP contribution >= 0.6 is 0 Å². The van der Waals surface area contributed by atoms with Gasteiger partial charge in [-0.25, -0.2) is 12.8 Å². The van der Waals surface area contributed by atoms with Crippen molar-refractivity contribution in [3.05, 3.63) is 59.4 Å². The van der Waals surface area contributed by atoms with Crippen molar-refractivity contribution in [3.8, 4) is 5.75 Å². The fraction of sp³-hybridized carbons (Fsp3) is 0.350. The summed E-state index contributed by atoms with van der Waals surface area (Å²) < 4.78 is 45.1. The number of aryl methyl sites for hydroxylation is 1. The molecular formula is C20H25FN2O4S. The molecule has 2 aromatic rings. The monoisotopic (exact) mass is 408 g/mol. The van der Waals surface area contributed by atoms with Crippen LogP contribution in [0, 0.1) is 12.7 Å². The van der Waals surface area contributed by atoms with Gasteiger partial charge in [0.15, 0.2) is 0 Å². The maximum atomic E-state index is 13.0. The third kappa shape index (κ3) is 5.08. The minimum Gasteiger partial charge on any atom is -0.496 e. The largest absolute Gasteiger partial charge is 0.496 e. The van der Waals surface area contributed by atoms with Gasteiger partial charge in [-0.3, -0.25) is 4.79 Å². The second kappa shape index (κ2) is 9.16. The number of nitrogens with zero attached hydrogens (tertiary/aromatic N) is 1. The van der Waals surface area contributed by atoms with Gasteiger partial charge in [0.1, 0.15) is 11.6 Å². The maximum absolute atomic E-state index is 13.0. The average Bonchev–Trinajstić information content (AvgIpc) is 2.66. The molecule has 1 amide bonds. The highest BCUT2D eigenvalue weighted by Gasteiger charge is 2.26. The third-order valence-corrected chi connectivity index (χ3v) is 6.34. The quantitative estimate of drug-likeness (QED) is 0.729. The van der Waals surface area contributed by atoms with Crippen molar-refractivity contribution in [2.75, 3.05) is 20.2 Å². The molecule has 0 saturated carbocycles. The van der Waals surface area contributed by atoms with Crippen LogP contribution in [-0.2, 0) is 14.8 Å². The molecule has 0 fully saturated rings. The number of nitrogens with one attached hydrogen (secondary N) is 1. The number of rotatable bonds is 8. The Balaban J connectivity index is 2.12. The van der Waals surface area contributed by atoms with Crippen LogP contribution in [0.4, 0.5) is 4.39 Å². The highest BCUT2D eigenvalue weighted by molar-refractivity contribution is 7.89. The minimum atomic E-state index is -3.83. The van der Waals surface area contributed by atoms with Gasteiger partial charge in [-0.1, -0.05) is 19.1 Å². The molecule has 0 aliphatic rings. The van der Waals surface area contributed by atoms with E-state index in [1.165, 1.54) is 31.4 Å². The summed E-state index contributed by atoms with van der Waals surface area (Å²) in [6.07, 6.45) is 0. The van der Waals surface area contributed by atoms with Crippen LogP contribution in [-0.4, -0.2) is 38.8 Å². The highest BCUT2D eigenvalue weighted by Crippen LogP contribution is 2.23. The number of halogens is 1. The summed E-state index contributed by atoms with van der Waals surface area (Å²) in [7, 11) is -2.32. The Bertz CT molecular complexity index is 930. The Kier molecular flexibility index (Phi) is 7.15. The zero-order chi connectivity index (χ0) is 20.9. The topological polar surface area (TPSA) is 75.7 Å². The molecule has 0 aromatic heterocycles. The van der Waals surface area contributed by atoms with Crippen molar-refractivity contribution in [1.82, 2.24) is 9.62 Å². The van der Waals surface area contributed by atoms with E-state index in [2.05, 4.69) is 5.32 Å². The van der Waals surface area contributed by atoms with Gasteiger partial charge in [0.2, 0.25) is 15.9 Å². The van der Waals surface area contributed by atoms with E-state index in [9.17, 15) is 17.6 Å². The molecule has 6 nitrogen and oxygen atoms in total. The number of carbonyl (C=O) groups is 1. The van der Waals surface area contributed by atoms with E-state index < -0.39 is 15.9 Å².